The lowest BCUT2D eigenvalue weighted by Crippen LogP contribution is -2.43. The lowest BCUT2D eigenvalue weighted by Gasteiger charge is -2.37. The molecule has 0 spiro atoms. The summed E-state index contributed by atoms with van der Waals surface area (Å²) in [5.41, 5.74) is 0.351. The van der Waals surface area contributed by atoms with E-state index in [1.165, 1.54) is 0 Å². The number of rotatable bonds is 8. The standard InChI is InChI=1S/C12H22O5.C9H12O2.C7H14O3/c13-11(7-3-1-4-8-11)16-17-12(15-14)9-5-2-6-10-12;1-9(2,11-10)8-6-4-3-5-7-8;1-5(2)9-7(8)10-6(3)4/h13-14H,1-10H2;3-7,10H,1-2H3;5-6H,1-4H3. The molecule has 2 aliphatic rings. The van der Waals surface area contributed by atoms with Crippen molar-refractivity contribution in [3.63, 3.8) is 0 Å². The predicted octanol–water partition coefficient (Wildman–Crippen LogP) is 7.11. The molecule has 10 heteroatoms. The second kappa shape index (κ2) is 17.0. The molecular weight excluding hydrogens is 496 g/mol. The normalized spacial score (nSPS) is 18.5. The van der Waals surface area contributed by atoms with Crippen molar-refractivity contribution in [1.29, 1.82) is 0 Å². The van der Waals surface area contributed by atoms with Gasteiger partial charge in [0, 0.05) is 25.7 Å². The summed E-state index contributed by atoms with van der Waals surface area (Å²) in [7, 11) is 0. The molecule has 0 aliphatic heterocycles. The van der Waals surface area contributed by atoms with Gasteiger partial charge in [0.1, 0.15) is 5.60 Å². The fourth-order valence-electron chi connectivity index (χ4n) is 3.93. The molecule has 2 saturated carbocycles. The summed E-state index contributed by atoms with van der Waals surface area (Å²) in [5.74, 6) is -2.29. The van der Waals surface area contributed by atoms with E-state index in [0.717, 1.165) is 44.1 Å². The van der Waals surface area contributed by atoms with Gasteiger partial charge in [-0.25, -0.2) is 19.8 Å². The maximum Gasteiger partial charge on any atom is 0.508 e. The zero-order valence-electron chi connectivity index (χ0n) is 23.8. The first-order chi connectivity index (χ1) is 17.9. The van der Waals surface area contributed by atoms with Gasteiger partial charge in [0.15, 0.2) is 5.79 Å². The van der Waals surface area contributed by atoms with Gasteiger partial charge in [0.2, 0.25) is 5.79 Å². The van der Waals surface area contributed by atoms with Crippen LogP contribution in [0.15, 0.2) is 30.3 Å². The second-order valence-corrected chi connectivity index (χ2v) is 10.8. The molecule has 0 heterocycles. The van der Waals surface area contributed by atoms with E-state index in [-0.39, 0.29) is 12.2 Å². The van der Waals surface area contributed by atoms with Gasteiger partial charge in [0.25, 0.3) is 0 Å². The van der Waals surface area contributed by atoms with Gasteiger partial charge in [-0.2, -0.15) is 9.78 Å². The summed E-state index contributed by atoms with van der Waals surface area (Å²) in [6, 6.07) is 9.58. The van der Waals surface area contributed by atoms with Crippen molar-refractivity contribution < 1.29 is 49.4 Å². The first kappa shape index (κ1) is 34.2. The Morgan fingerprint density at radius 1 is 0.789 bits per heavy atom. The number of aliphatic hydroxyl groups is 1. The summed E-state index contributed by atoms with van der Waals surface area (Å²) in [6.45, 7) is 10.7. The van der Waals surface area contributed by atoms with E-state index in [2.05, 4.69) is 9.78 Å². The van der Waals surface area contributed by atoms with Gasteiger partial charge < -0.3 is 14.6 Å². The number of benzene rings is 1. The first-order valence-corrected chi connectivity index (χ1v) is 13.5. The average molecular weight is 545 g/mol. The van der Waals surface area contributed by atoms with Crippen LogP contribution in [-0.4, -0.2) is 45.6 Å². The fourth-order valence-corrected chi connectivity index (χ4v) is 3.93. The van der Waals surface area contributed by atoms with E-state index in [4.69, 9.17) is 29.8 Å². The maximum atomic E-state index is 10.6. The van der Waals surface area contributed by atoms with E-state index in [1.54, 1.807) is 27.7 Å². The number of ether oxygens (including phenoxy) is 2. The van der Waals surface area contributed by atoms with Gasteiger partial charge >= 0.3 is 6.16 Å². The monoisotopic (exact) mass is 544 g/mol. The van der Waals surface area contributed by atoms with Crippen LogP contribution < -0.4 is 0 Å². The summed E-state index contributed by atoms with van der Waals surface area (Å²) >= 11 is 0. The van der Waals surface area contributed by atoms with Crippen LogP contribution in [0.1, 0.15) is 111 Å². The molecule has 2 fully saturated rings. The van der Waals surface area contributed by atoms with Crippen LogP contribution in [0.4, 0.5) is 4.79 Å². The number of hydrogen-bond donors (Lipinski definition) is 3. The third-order valence-electron chi connectivity index (χ3n) is 6.13. The predicted molar refractivity (Wildman–Crippen MR) is 141 cm³/mol. The van der Waals surface area contributed by atoms with Crippen LogP contribution in [0.25, 0.3) is 0 Å². The number of hydrogen-bond acceptors (Lipinski definition) is 10. The molecule has 38 heavy (non-hydrogen) atoms. The molecule has 0 aromatic heterocycles. The highest BCUT2D eigenvalue weighted by atomic mass is 17.3. The highest BCUT2D eigenvalue weighted by molar-refractivity contribution is 5.60. The smallest absolute Gasteiger partial charge is 0.432 e. The fraction of sp³-hybridized carbons (Fsp3) is 0.750. The quantitative estimate of drug-likeness (QED) is 0.135. The Hall–Kier alpha value is -1.79. The lowest BCUT2D eigenvalue weighted by molar-refractivity contribution is -0.548. The van der Waals surface area contributed by atoms with Crippen LogP contribution in [0, 0.1) is 0 Å². The molecule has 220 valence electrons. The highest BCUT2D eigenvalue weighted by Gasteiger charge is 2.40. The summed E-state index contributed by atoms with van der Waals surface area (Å²) in [6.07, 6.45) is 7.51. The summed E-state index contributed by atoms with van der Waals surface area (Å²) in [5, 5.41) is 27.6. The lowest BCUT2D eigenvalue weighted by atomic mass is 9.94. The van der Waals surface area contributed by atoms with Gasteiger partial charge in [-0.3, -0.25) is 5.26 Å². The van der Waals surface area contributed by atoms with Crippen LogP contribution in [0.5, 0.6) is 0 Å². The largest absolute Gasteiger partial charge is 0.508 e. The molecule has 0 radical (unpaired) electrons. The molecule has 0 atom stereocenters. The van der Waals surface area contributed by atoms with Crippen molar-refractivity contribution in [2.45, 2.75) is 135 Å². The minimum absolute atomic E-state index is 0.105. The molecule has 1 aromatic carbocycles. The van der Waals surface area contributed by atoms with Crippen molar-refractivity contribution in [2.75, 3.05) is 0 Å². The van der Waals surface area contributed by atoms with Crippen molar-refractivity contribution in [1.82, 2.24) is 0 Å². The molecule has 0 unspecified atom stereocenters. The van der Waals surface area contributed by atoms with Gasteiger partial charge in [-0.1, -0.05) is 43.2 Å². The molecule has 3 N–H and O–H groups in total. The highest BCUT2D eigenvalue weighted by Crippen LogP contribution is 2.36. The third kappa shape index (κ3) is 13.3. The summed E-state index contributed by atoms with van der Waals surface area (Å²) in [4.78, 5) is 29.8. The Morgan fingerprint density at radius 3 is 1.68 bits per heavy atom. The zero-order chi connectivity index (χ0) is 28.7. The Kier molecular flexibility index (Phi) is 15.3. The van der Waals surface area contributed by atoms with Crippen molar-refractivity contribution >= 4 is 6.16 Å². The second-order valence-electron chi connectivity index (χ2n) is 10.8. The first-order valence-electron chi connectivity index (χ1n) is 13.5. The van der Waals surface area contributed by atoms with Crippen LogP contribution in [0.2, 0.25) is 0 Å². The van der Waals surface area contributed by atoms with Crippen LogP contribution in [-0.2, 0) is 34.6 Å². The molecular formula is C28H48O10. The van der Waals surface area contributed by atoms with Crippen LogP contribution in [0.3, 0.4) is 0 Å². The van der Waals surface area contributed by atoms with Gasteiger partial charge in [0.05, 0.1) is 12.2 Å². The molecule has 0 amide bonds. The Labute approximate surface area is 226 Å². The molecule has 2 aliphatic carbocycles. The van der Waals surface area contributed by atoms with E-state index in [1.807, 2.05) is 44.2 Å². The van der Waals surface area contributed by atoms with E-state index in [0.29, 0.717) is 25.7 Å². The Bertz CT molecular complexity index is 742. The van der Waals surface area contributed by atoms with Gasteiger partial charge in [-0.15, -0.1) is 0 Å². The third-order valence-corrected chi connectivity index (χ3v) is 6.13. The number of carbonyl (C=O) groups excluding carboxylic acids is 1. The molecule has 3 rings (SSSR count). The Morgan fingerprint density at radius 2 is 1.26 bits per heavy atom. The maximum absolute atomic E-state index is 10.6. The van der Waals surface area contributed by atoms with Gasteiger partial charge in [-0.05, 0) is 72.8 Å². The minimum atomic E-state index is -1.21. The summed E-state index contributed by atoms with van der Waals surface area (Å²) < 4.78 is 9.40. The minimum Gasteiger partial charge on any atom is -0.432 e. The molecule has 10 nitrogen and oxygen atoms in total. The topological polar surface area (TPSA) is 133 Å². The molecule has 1 aromatic rings. The SMILES string of the molecule is CC(C)(OO)c1ccccc1.CC(C)OC(=O)OC(C)C.OOC1(OOC2(O)CCCCC2)CCCCC1. The van der Waals surface area contributed by atoms with Crippen molar-refractivity contribution in [3.8, 4) is 0 Å². The zero-order valence-corrected chi connectivity index (χ0v) is 23.8. The average Bonchev–Trinajstić information content (AvgIpc) is 2.89. The van der Waals surface area contributed by atoms with Crippen LogP contribution >= 0.6 is 0 Å². The van der Waals surface area contributed by atoms with E-state index >= 15 is 0 Å². The Balaban J connectivity index is 0.000000301. The number of carbonyl (C=O) groups is 1. The molecule has 0 bridgehead atoms. The molecule has 0 saturated heterocycles. The van der Waals surface area contributed by atoms with E-state index in [9.17, 15) is 9.90 Å². The van der Waals surface area contributed by atoms with Crippen molar-refractivity contribution in [3.05, 3.63) is 35.9 Å². The van der Waals surface area contributed by atoms with E-state index < -0.39 is 23.3 Å². The van der Waals surface area contributed by atoms with Crippen molar-refractivity contribution in [2.24, 2.45) is 0 Å².